The van der Waals surface area contributed by atoms with Crippen molar-refractivity contribution in [2.24, 2.45) is 0 Å². The smallest absolute Gasteiger partial charge is 0.300 e. The Morgan fingerprint density at radius 2 is 2.27 bits per heavy atom. The molecule has 4 nitrogen and oxygen atoms in total. The molecule has 0 radical (unpaired) electrons. The molecule has 0 spiro atoms. The first-order valence-corrected chi connectivity index (χ1v) is 5.19. The number of rotatable bonds is 5. The van der Waals surface area contributed by atoms with Gasteiger partial charge in [-0.3, -0.25) is 4.57 Å². The highest BCUT2D eigenvalue weighted by atomic mass is 35.5. The largest absolute Gasteiger partial charge is 0.347 e. The topological polar surface area (TPSA) is 52.0 Å². The second-order valence-electron chi connectivity index (χ2n) is 3.41. The van der Waals surface area contributed by atoms with Crippen LogP contribution in [0, 0.1) is 0 Å². The van der Waals surface area contributed by atoms with E-state index >= 15 is 0 Å². The van der Waals surface area contributed by atoms with Crippen molar-refractivity contribution in [2.75, 3.05) is 0 Å². The van der Waals surface area contributed by atoms with Crippen molar-refractivity contribution in [3.05, 3.63) is 27.9 Å². The van der Waals surface area contributed by atoms with Gasteiger partial charge in [-0.05, 0) is 19.8 Å². The number of hydrogen-bond donors (Lipinski definition) is 0. The van der Waals surface area contributed by atoms with Crippen LogP contribution in [0.4, 0.5) is 0 Å². The van der Waals surface area contributed by atoms with Gasteiger partial charge in [-0.15, -0.1) is 0 Å². The van der Waals surface area contributed by atoms with E-state index in [2.05, 4.69) is 4.98 Å². The first-order chi connectivity index (χ1) is 7.09. The minimum Gasteiger partial charge on any atom is -0.300 e. The Balaban J connectivity index is 2.47. The lowest BCUT2D eigenvalue weighted by atomic mass is 10.2. The third-order valence-corrected chi connectivity index (χ3v) is 2.20. The predicted octanol–water partition coefficient (Wildman–Crippen LogP) is 1.66. The summed E-state index contributed by atoms with van der Waals surface area (Å²) in [6.07, 6.45) is 5.01. The molecule has 0 fully saturated rings. The highest BCUT2D eigenvalue weighted by Crippen LogP contribution is 2.03. The van der Waals surface area contributed by atoms with Crippen molar-refractivity contribution in [2.45, 2.75) is 32.7 Å². The minimum atomic E-state index is -0.303. The lowest BCUT2D eigenvalue weighted by molar-refractivity contribution is -0.117. The number of aryl methyl sites for hydroxylation is 1. The summed E-state index contributed by atoms with van der Waals surface area (Å²) in [7, 11) is 0. The molecule has 0 atom stereocenters. The standard InChI is InChI=1S/C10H13ClN2O2/c1-8(14)4-2-3-5-13-7-9(11)6-12-10(13)15/h6-7H,2-5H2,1H3. The Kier molecular flexibility index (Phi) is 4.49. The number of nitrogens with zero attached hydrogens (tertiary/aromatic N) is 2. The van der Waals surface area contributed by atoms with Crippen LogP contribution in [0.5, 0.6) is 0 Å². The van der Waals surface area contributed by atoms with Crippen LogP contribution in [0.3, 0.4) is 0 Å². The van der Waals surface area contributed by atoms with Crippen molar-refractivity contribution in [1.29, 1.82) is 0 Å². The number of aromatic nitrogens is 2. The van der Waals surface area contributed by atoms with Gasteiger partial charge in [0.1, 0.15) is 5.78 Å². The molecule has 0 bridgehead atoms. The zero-order valence-electron chi connectivity index (χ0n) is 8.57. The SMILES string of the molecule is CC(=O)CCCCn1cc(Cl)cnc1=O. The van der Waals surface area contributed by atoms with Crippen LogP contribution in [-0.2, 0) is 11.3 Å². The van der Waals surface area contributed by atoms with Gasteiger partial charge in [-0.1, -0.05) is 11.6 Å². The zero-order valence-corrected chi connectivity index (χ0v) is 9.33. The molecule has 0 unspecified atom stereocenters. The molecule has 5 heteroatoms. The van der Waals surface area contributed by atoms with E-state index in [4.69, 9.17) is 11.6 Å². The van der Waals surface area contributed by atoms with Gasteiger partial charge in [-0.2, -0.15) is 0 Å². The summed E-state index contributed by atoms with van der Waals surface area (Å²) >= 11 is 5.70. The van der Waals surface area contributed by atoms with E-state index in [-0.39, 0.29) is 11.5 Å². The summed E-state index contributed by atoms with van der Waals surface area (Å²) in [4.78, 5) is 25.5. The van der Waals surface area contributed by atoms with Crippen LogP contribution in [-0.4, -0.2) is 15.3 Å². The molecule has 1 aromatic heterocycles. The molecule has 1 rings (SSSR count). The van der Waals surface area contributed by atoms with Crippen LogP contribution in [0.2, 0.25) is 5.02 Å². The molecule has 82 valence electrons. The Morgan fingerprint density at radius 3 is 2.93 bits per heavy atom. The molecular formula is C10H13ClN2O2. The first kappa shape index (κ1) is 11.9. The average molecular weight is 229 g/mol. The Morgan fingerprint density at radius 1 is 1.53 bits per heavy atom. The van der Waals surface area contributed by atoms with Gasteiger partial charge in [0.05, 0.1) is 11.2 Å². The summed E-state index contributed by atoms with van der Waals surface area (Å²) in [5.74, 6) is 0.173. The molecule has 0 aliphatic carbocycles. The number of halogens is 1. The van der Waals surface area contributed by atoms with E-state index in [9.17, 15) is 9.59 Å². The molecule has 0 amide bonds. The Labute approximate surface area is 92.9 Å². The molecule has 0 saturated carbocycles. The van der Waals surface area contributed by atoms with Crippen molar-refractivity contribution in [3.8, 4) is 0 Å². The zero-order chi connectivity index (χ0) is 11.3. The minimum absolute atomic E-state index is 0.173. The number of hydrogen-bond acceptors (Lipinski definition) is 3. The van der Waals surface area contributed by atoms with Crippen LogP contribution in [0.25, 0.3) is 0 Å². The molecular weight excluding hydrogens is 216 g/mol. The van der Waals surface area contributed by atoms with Crippen LogP contribution in [0.1, 0.15) is 26.2 Å². The van der Waals surface area contributed by atoms with Gasteiger partial charge in [-0.25, -0.2) is 9.78 Å². The van der Waals surface area contributed by atoms with Gasteiger partial charge < -0.3 is 4.79 Å². The second-order valence-corrected chi connectivity index (χ2v) is 3.84. The molecule has 1 aromatic rings. The average Bonchev–Trinajstić information content (AvgIpc) is 2.17. The summed E-state index contributed by atoms with van der Waals surface area (Å²) in [5, 5.41) is 0.446. The fraction of sp³-hybridized carbons (Fsp3) is 0.500. The van der Waals surface area contributed by atoms with Crippen molar-refractivity contribution < 1.29 is 4.79 Å². The van der Waals surface area contributed by atoms with E-state index in [0.29, 0.717) is 18.0 Å². The van der Waals surface area contributed by atoms with E-state index in [1.807, 2.05) is 0 Å². The summed E-state index contributed by atoms with van der Waals surface area (Å²) in [6.45, 7) is 2.12. The highest BCUT2D eigenvalue weighted by molar-refractivity contribution is 6.30. The van der Waals surface area contributed by atoms with Gasteiger partial charge >= 0.3 is 5.69 Å². The fourth-order valence-corrected chi connectivity index (χ4v) is 1.41. The molecule has 15 heavy (non-hydrogen) atoms. The number of unbranched alkanes of at least 4 members (excludes halogenated alkanes) is 1. The lowest BCUT2D eigenvalue weighted by Crippen LogP contribution is -2.21. The van der Waals surface area contributed by atoms with Gasteiger partial charge in [0.25, 0.3) is 0 Å². The Hall–Kier alpha value is -1.16. The maximum absolute atomic E-state index is 11.2. The lowest BCUT2D eigenvalue weighted by Gasteiger charge is -2.03. The molecule has 1 heterocycles. The van der Waals surface area contributed by atoms with Gasteiger partial charge in [0.2, 0.25) is 0 Å². The number of carbonyl (C=O) groups is 1. The number of ketones is 1. The first-order valence-electron chi connectivity index (χ1n) is 4.81. The molecule has 0 saturated heterocycles. The third kappa shape index (κ3) is 4.25. The maximum atomic E-state index is 11.2. The summed E-state index contributed by atoms with van der Waals surface area (Å²) in [6, 6.07) is 0. The second kappa shape index (κ2) is 5.66. The summed E-state index contributed by atoms with van der Waals surface area (Å²) < 4.78 is 1.46. The number of carbonyl (C=O) groups excluding carboxylic acids is 1. The molecule has 0 aromatic carbocycles. The van der Waals surface area contributed by atoms with E-state index in [0.717, 1.165) is 12.8 Å². The van der Waals surface area contributed by atoms with Crippen LogP contribution in [0.15, 0.2) is 17.2 Å². The number of Topliss-reactive ketones (excluding diaryl/α,β-unsaturated/α-hetero) is 1. The predicted molar refractivity (Wildman–Crippen MR) is 58.0 cm³/mol. The van der Waals surface area contributed by atoms with Gasteiger partial charge in [0, 0.05) is 19.2 Å². The monoisotopic (exact) mass is 228 g/mol. The normalized spacial score (nSPS) is 10.3. The molecule has 0 N–H and O–H groups in total. The van der Waals surface area contributed by atoms with Crippen molar-refractivity contribution in [3.63, 3.8) is 0 Å². The summed E-state index contributed by atoms with van der Waals surface area (Å²) in [5.41, 5.74) is -0.303. The third-order valence-electron chi connectivity index (χ3n) is 2.00. The van der Waals surface area contributed by atoms with Crippen molar-refractivity contribution >= 4 is 17.4 Å². The molecule has 0 aliphatic rings. The Bertz CT molecular complexity index is 401. The van der Waals surface area contributed by atoms with E-state index in [1.165, 1.54) is 10.8 Å². The fourth-order valence-electron chi connectivity index (χ4n) is 1.24. The van der Waals surface area contributed by atoms with Gasteiger partial charge in [0.15, 0.2) is 0 Å². The van der Waals surface area contributed by atoms with E-state index in [1.54, 1.807) is 13.1 Å². The van der Waals surface area contributed by atoms with Crippen LogP contribution < -0.4 is 5.69 Å². The van der Waals surface area contributed by atoms with Crippen molar-refractivity contribution in [1.82, 2.24) is 9.55 Å². The quantitative estimate of drug-likeness (QED) is 0.721. The highest BCUT2D eigenvalue weighted by Gasteiger charge is 1.99. The maximum Gasteiger partial charge on any atom is 0.347 e. The van der Waals surface area contributed by atoms with E-state index < -0.39 is 0 Å². The molecule has 0 aliphatic heterocycles. The van der Waals surface area contributed by atoms with Crippen LogP contribution >= 0.6 is 11.6 Å².